The Kier molecular flexibility index (Phi) is 5.33. The molecule has 5 heteroatoms. The standard InChI is InChI=1S/C16H19NO3S/c1-11(2)12-4-3-5-13(8-12)20-10-15-17-9-14(21-15)6-7-16(18)19/h3-5,8-9,11H,6-7,10H2,1-2H3,(H,18,19). The number of benzene rings is 1. The highest BCUT2D eigenvalue weighted by atomic mass is 32.1. The van der Waals surface area contributed by atoms with Crippen LogP contribution in [0.4, 0.5) is 0 Å². The highest BCUT2D eigenvalue weighted by molar-refractivity contribution is 7.11. The zero-order chi connectivity index (χ0) is 15.2. The molecule has 0 aliphatic carbocycles. The van der Waals surface area contributed by atoms with E-state index in [4.69, 9.17) is 9.84 Å². The molecule has 2 aromatic rings. The van der Waals surface area contributed by atoms with E-state index in [0.717, 1.165) is 15.6 Å². The predicted octanol–water partition coefficient (Wildman–Crippen LogP) is 3.86. The van der Waals surface area contributed by atoms with Gasteiger partial charge in [0.2, 0.25) is 0 Å². The highest BCUT2D eigenvalue weighted by Gasteiger charge is 2.06. The Labute approximate surface area is 128 Å². The number of ether oxygens (including phenoxy) is 1. The average molecular weight is 305 g/mol. The van der Waals surface area contributed by atoms with E-state index < -0.39 is 5.97 Å². The summed E-state index contributed by atoms with van der Waals surface area (Å²) in [5, 5.41) is 9.53. The molecular weight excluding hydrogens is 286 g/mol. The molecule has 1 aromatic heterocycles. The number of aliphatic carboxylic acids is 1. The van der Waals surface area contributed by atoms with Crippen molar-refractivity contribution in [2.24, 2.45) is 0 Å². The summed E-state index contributed by atoms with van der Waals surface area (Å²) in [5.41, 5.74) is 1.24. The summed E-state index contributed by atoms with van der Waals surface area (Å²) >= 11 is 1.51. The first-order valence-corrected chi connectivity index (χ1v) is 7.74. The lowest BCUT2D eigenvalue weighted by molar-refractivity contribution is -0.136. The molecule has 0 amide bonds. The first-order valence-electron chi connectivity index (χ1n) is 6.92. The minimum atomic E-state index is -0.785. The van der Waals surface area contributed by atoms with Gasteiger partial charge in [-0.1, -0.05) is 26.0 Å². The number of aryl methyl sites for hydroxylation is 1. The molecule has 0 spiro atoms. The second kappa shape index (κ2) is 7.22. The number of rotatable bonds is 7. The van der Waals surface area contributed by atoms with Crippen molar-refractivity contribution in [3.63, 3.8) is 0 Å². The van der Waals surface area contributed by atoms with E-state index in [1.54, 1.807) is 6.20 Å². The number of aromatic nitrogens is 1. The fourth-order valence-electron chi connectivity index (χ4n) is 1.87. The number of nitrogens with zero attached hydrogens (tertiary/aromatic N) is 1. The fraction of sp³-hybridized carbons (Fsp3) is 0.375. The molecule has 1 heterocycles. The van der Waals surface area contributed by atoms with Gasteiger partial charge in [0.05, 0.1) is 6.42 Å². The summed E-state index contributed by atoms with van der Waals surface area (Å²) in [7, 11) is 0. The molecule has 0 aliphatic heterocycles. The number of carbonyl (C=O) groups is 1. The van der Waals surface area contributed by atoms with Crippen LogP contribution in [0.5, 0.6) is 5.75 Å². The van der Waals surface area contributed by atoms with E-state index in [0.29, 0.717) is 18.9 Å². The van der Waals surface area contributed by atoms with Gasteiger partial charge in [-0.15, -0.1) is 11.3 Å². The van der Waals surface area contributed by atoms with Crippen molar-refractivity contribution in [3.05, 3.63) is 45.9 Å². The van der Waals surface area contributed by atoms with Crippen LogP contribution in [0, 0.1) is 0 Å². The second-order valence-electron chi connectivity index (χ2n) is 5.13. The quantitative estimate of drug-likeness (QED) is 0.843. The molecule has 0 saturated heterocycles. The molecule has 0 atom stereocenters. The summed E-state index contributed by atoms with van der Waals surface area (Å²) in [6.45, 7) is 4.71. The van der Waals surface area contributed by atoms with E-state index >= 15 is 0 Å². The van der Waals surface area contributed by atoms with Crippen LogP contribution >= 0.6 is 11.3 Å². The maximum atomic E-state index is 10.5. The Balaban J connectivity index is 1.91. The van der Waals surface area contributed by atoms with Gasteiger partial charge in [0.1, 0.15) is 17.4 Å². The zero-order valence-corrected chi connectivity index (χ0v) is 13.0. The fourth-order valence-corrected chi connectivity index (χ4v) is 2.70. The molecular formula is C16H19NO3S. The lowest BCUT2D eigenvalue weighted by atomic mass is 10.0. The molecule has 1 aromatic carbocycles. The monoisotopic (exact) mass is 305 g/mol. The maximum absolute atomic E-state index is 10.5. The molecule has 0 aliphatic rings. The van der Waals surface area contributed by atoms with Gasteiger partial charge in [0.15, 0.2) is 0 Å². The van der Waals surface area contributed by atoms with Crippen LogP contribution in [0.2, 0.25) is 0 Å². The summed E-state index contributed by atoms with van der Waals surface area (Å²) in [4.78, 5) is 15.8. The van der Waals surface area contributed by atoms with Crippen molar-refractivity contribution < 1.29 is 14.6 Å². The Bertz CT molecular complexity index is 607. The molecule has 0 radical (unpaired) electrons. The maximum Gasteiger partial charge on any atom is 0.303 e. The third-order valence-electron chi connectivity index (χ3n) is 3.07. The molecule has 112 valence electrons. The van der Waals surface area contributed by atoms with Crippen LogP contribution in [0.3, 0.4) is 0 Å². The van der Waals surface area contributed by atoms with E-state index in [1.165, 1.54) is 16.9 Å². The van der Waals surface area contributed by atoms with Gasteiger partial charge >= 0.3 is 5.97 Å². The SMILES string of the molecule is CC(C)c1cccc(OCc2ncc(CCC(=O)O)s2)c1. The molecule has 0 saturated carbocycles. The van der Waals surface area contributed by atoms with Crippen LogP contribution < -0.4 is 4.74 Å². The van der Waals surface area contributed by atoms with Gasteiger partial charge in [-0.2, -0.15) is 0 Å². The molecule has 0 bridgehead atoms. The molecule has 21 heavy (non-hydrogen) atoms. The Morgan fingerprint density at radius 3 is 2.95 bits per heavy atom. The summed E-state index contributed by atoms with van der Waals surface area (Å²) in [6, 6.07) is 8.06. The normalized spacial score (nSPS) is 10.8. The van der Waals surface area contributed by atoms with Gasteiger partial charge in [0, 0.05) is 11.1 Å². The van der Waals surface area contributed by atoms with Crippen LogP contribution in [0.15, 0.2) is 30.5 Å². The number of carboxylic acid groups (broad SMARTS) is 1. The van der Waals surface area contributed by atoms with Gasteiger partial charge in [-0.05, 0) is 30.0 Å². The molecule has 1 N–H and O–H groups in total. The third kappa shape index (κ3) is 4.86. The zero-order valence-electron chi connectivity index (χ0n) is 12.2. The largest absolute Gasteiger partial charge is 0.486 e. The van der Waals surface area contributed by atoms with Gasteiger partial charge in [-0.3, -0.25) is 4.79 Å². The van der Waals surface area contributed by atoms with Crippen molar-refractivity contribution in [3.8, 4) is 5.75 Å². The summed E-state index contributed by atoms with van der Waals surface area (Å²) in [5.74, 6) is 0.520. The smallest absolute Gasteiger partial charge is 0.303 e. The minimum Gasteiger partial charge on any atom is -0.486 e. The Morgan fingerprint density at radius 2 is 2.24 bits per heavy atom. The first kappa shape index (κ1) is 15.5. The number of hydrogen-bond donors (Lipinski definition) is 1. The van der Waals surface area contributed by atoms with Crippen molar-refractivity contribution in [1.29, 1.82) is 0 Å². The van der Waals surface area contributed by atoms with Gasteiger partial charge in [0.25, 0.3) is 0 Å². The Morgan fingerprint density at radius 1 is 1.43 bits per heavy atom. The van der Waals surface area contributed by atoms with Crippen LogP contribution in [-0.4, -0.2) is 16.1 Å². The topological polar surface area (TPSA) is 59.4 Å². The van der Waals surface area contributed by atoms with Crippen LogP contribution in [0.1, 0.15) is 41.6 Å². The molecule has 4 nitrogen and oxygen atoms in total. The van der Waals surface area contributed by atoms with Crippen molar-refractivity contribution in [1.82, 2.24) is 4.98 Å². The predicted molar refractivity (Wildman–Crippen MR) is 82.9 cm³/mol. The van der Waals surface area contributed by atoms with Crippen molar-refractivity contribution in [2.45, 2.75) is 39.2 Å². The van der Waals surface area contributed by atoms with Crippen molar-refractivity contribution in [2.75, 3.05) is 0 Å². The van der Waals surface area contributed by atoms with E-state index in [9.17, 15) is 4.79 Å². The number of hydrogen-bond acceptors (Lipinski definition) is 4. The van der Waals surface area contributed by atoms with Gasteiger partial charge < -0.3 is 9.84 Å². The van der Waals surface area contributed by atoms with Crippen LogP contribution in [-0.2, 0) is 17.8 Å². The minimum absolute atomic E-state index is 0.138. The molecule has 0 fully saturated rings. The van der Waals surface area contributed by atoms with E-state index in [1.807, 2.05) is 18.2 Å². The first-order chi connectivity index (χ1) is 10.0. The number of carboxylic acids is 1. The average Bonchev–Trinajstić information content (AvgIpc) is 2.91. The van der Waals surface area contributed by atoms with Crippen molar-refractivity contribution >= 4 is 17.3 Å². The molecule has 2 rings (SSSR count). The Hall–Kier alpha value is -1.88. The number of thiazole rings is 1. The third-order valence-corrected chi connectivity index (χ3v) is 4.10. The van der Waals surface area contributed by atoms with Gasteiger partial charge in [-0.25, -0.2) is 4.98 Å². The molecule has 0 unspecified atom stereocenters. The lowest BCUT2D eigenvalue weighted by Crippen LogP contribution is -1.96. The summed E-state index contributed by atoms with van der Waals surface area (Å²) in [6.07, 6.45) is 2.39. The highest BCUT2D eigenvalue weighted by Crippen LogP contribution is 2.22. The summed E-state index contributed by atoms with van der Waals surface area (Å²) < 4.78 is 5.75. The van der Waals surface area contributed by atoms with E-state index in [2.05, 4.69) is 24.9 Å². The second-order valence-corrected chi connectivity index (χ2v) is 6.33. The van der Waals surface area contributed by atoms with Crippen LogP contribution in [0.25, 0.3) is 0 Å². The lowest BCUT2D eigenvalue weighted by Gasteiger charge is -2.08. The van der Waals surface area contributed by atoms with E-state index in [-0.39, 0.29) is 6.42 Å².